The van der Waals surface area contributed by atoms with E-state index in [-0.39, 0.29) is 11.9 Å². The third kappa shape index (κ3) is 2.42. The number of hydrogen-bond donors (Lipinski definition) is 1. The summed E-state index contributed by atoms with van der Waals surface area (Å²) in [5.41, 5.74) is 0. The number of carbonyl (C=O) groups excluding carboxylic acids is 1. The average molecular weight is 244 g/mol. The lowest BCUT2D eigenvalue weighted by molar-refractivity contribution is -0.141. The summed E-state index contributed by atoms with van der Waals surface area (Å²) in [4.78, 5) is 26.3. The average Bonchev–Trinajstić information content (AvgIpc) is 2.78. The molecule has 1 N–H and O–H groups in total. The Morgan fingerprint density at radius 3 is 2.38 bits per heavy atom. The first-order valence-corrected chi connectivity index (χ1v) is 6.68. The Morgan fingerprint density at radius 2 is 1.81 bits per heavy atom. The van der Waals surface area contributed by atoms with Crippen LogP contribution in [0, 0.1) is 5.92 Å². The van der Waals surface area contributed by atoms with Crippen molar-refractivity contribution in [2.45, 2.75) is 6.42 Å². The number of carbonyl (C=O) groups is 2. The van der Waals surface area contributed by atoms with Gasteiger partial charge in [0.1, 0.15) is 0 Å². The van der Waals surface area contributed by atoms with Crippen LogP contribution in [-0.2, 0) is 4.79 Å². The Kier molecular flexibility index (Phi) is 3.58. The number of likely N-dealkylation sites (tertiary alicyclic amines) is 1. The largest absolute Gasteiger partial charge is 0.481 e. The maximum atomic E-state index is 12.0. The third-order valence-electron chi connectivity index (χ3n) is 3.09. The molecule has 16 heavy (non-hydrogen) atoms. The van der Waals surface area contributed by atoms with Gasteiger partial charge in [0.15, 0.2) is 0 Å². The Hall–Kier alpha value is -0.910. The SMILES string of the molecule is O=C(O)C1CCN(C(=O)N2CCSCC2)C1. The van der Waals surface area contributed by atoms with Crippen LogP contribution < -0.4 is 0 Å². The van der Waals surface area contributed by atoms with Crippen molar-refractivity contribution < 1.29 is 14.7 Å². The second-order valence-corrected chi connectivity index (χ2v) is 5.38. The van der Waals surface area contributed by atoms with Gasteiger partial charge in [0.2, 0.25) is 0 Å². The van der Waals surface area contributed by atoms with Crippen LogP contribution in [0.1, 0.15) is 6.42 Å². The molecule has 0 aromatic rings. The number of rotatable bonds is 1. The van der Waals surface area contributed by atoms with Crippen LogP contribution in [0.3, 0.4) is 0 Å². The molecule has 0 aromatic carbocycles. The zero-order valence-corrected chi connectivity index (χ0v) is 9.91. The first kappa shape index (κ1) is 11.6. The predicted molar refractivity (Wildman–Crippen MR) is 61.6 cm³/mol. The van der Waals surface area contributed by atoms with Gasteiger partial charge in [-0.25, -0.2) is 4.79 Å². The molecule has 0 aromatic heterocycles. The quantitative estimate of drug-likeness (QED) is 0.732. The van der Waals surface area contributed by atoms with Crippen LogP contribution in [0.5, 0.6) is 0 Å². The lowest BCUT2D eigenvalue weighted by Crippen LogP contribution is -2.46. The van der Waals surface area contributed by atoms with E-state index in [0.29, 0.717) is 19.5 Å². The maximum Gasteiger partial charge on any atom is 0.320 e. The highest BCUT2D eigenvalue weighted by Gasteiger charge is 2.33. The molecule has 0 spiro atoms. The molecule has 5 nitrogen and oxygen atoms in total. The van der Waals surface area contributed by atoms with Crippen LogP contribution in [0.4, 0.5) is 4.79 Å². The van der Waals surface area contributed by atoms with E-state index >= 15 is 0 Å². The highest BCUT2D eigenvalue weighted by atomic mass is 32.2. The number of aliphatic carboxylic acids is 1. The predicted octanol–water partition coefficient (Wildman–Crippen LogP) is 0.562. The minimum absolute atomic E-state index is 0.0176. The lowest BCUT2D eigenvalue weighted by atomic mass is 10.1. The summed E-state index contributed by atoms with van der Waals surface area (Å²) in [6.07, 6.45) is 0.587. The van der Waals surface area contributed by atoms with E-state index < -0.39 is 5.97 Å². The highest BCUT2D eigenvalue weighted by Crippen LogP contribution is 2.19. The highest BCUT2D eigenvalue weighted by molar-refractivity contribution is 7.99. The van der Waals surface area contributed by atoms with Crippen molar-refractivity contribution in [3.05, 3.63) is 0 Å². The second-order valence-electron chi connectivity index (χ2n) is 4.15. The molecule has 2 fully saturated rings. The molecule has 0 bridgehead atoms. The fraction of sp³-hybridized carbons (Fsp3) is 0.800. The molecule has 2 saturated heterocycles. The number of hydrogen-bond acceptors (Lipinski definition) is 3. The fourth-order valence-electron chi connectivity index (χ4n) is 2.09. The number of carboxylic acids is 1. The van der Waals surface area contributed by atoms with E-state index in [1.165, 1.54) is 0 Å². The molecule has 0 saturated carbocycles. The van der Waals surface area contributed by atoms with E-state index in [0.717, 1.165) is 24.6 Å². The number of nitrogens with zero attached hydrogens (tertiary/aromatic N) is 2. The van der Waals surface area contributed by atoms with Crippen molar-refractivity contribution >= 4 is 23.8 Å². The summed E-state index contributed by atoms with van der Waals surface area (Å²) < 4.78 is 0. The van der Waals surface area contributed by atoms with Crippen LogP contribution in [0.25, 0.3) is 0 Å². The zero-order chi connectivity index (χ0) is 11.5. The minimum Gasteiger partial charge on any atom is -0.481 e. The van der Waals surface area contributed by atoms with Crippen molar-refractivity contribution in [2.75, 3.05) is 37.7 Å². The Bertz CT molecular complexity index is 292. The summed E-state index contributed by atoms with van der Waals surface area (Å²) in [5.74, 6) is 0.816. The Balaban J connectivity index is 1.88. The zero-order valence-electron chi connectivity index (χ0n) is 9.09. The molecule has 6 heteroatoms. The number of carboxylic acid groups (broad SMARTS) is 1. The molecule has 2 rings (SSSR count). The smallest absolute Gasteiger partial charge is 0.320 e. The fourth-order valence-corrected chi connectivity index (χ4v) is 2.99. The van der Waals surface area contributed by atoms with Gasteiger partial charge in [0, 0.05) is 37.7 Å². The molecule has 0 aliphatic carbocycles. The summed E-state index contributed by atoms with van der Waals surface area (Å²) >= 11 is 1.86. The van der Waals surface area contributed by atoms with Gasteiger partial charge in [-0.2, -0.15) is 11.8 Å². The maximum absolute atomic E-state index is 12.0. The van der Waals surface area contributed by atoms with E-state index in [1.54, 1.807) is 4.90 Å². The first-order chi connectivity index (χ1) is 7.68. The summed E-state index contributed by atoms with van der Waals surface area (Å²) in [5, 5.41) is 8.87. The van der Waals surface area contributed by atoms with Crippen molar-refractivity contribution in [3.63, 3.8) is 0 Å². The van der Waals surface area contributed by atoms with E-state index in [2.05, 4.69) is 0 Å². The van der Waals surface area contributed by atoms with Crippen LogP contribution in [0.15, 0.2) is 0 Å². The summed E-state index contributed by atoms with van der Waals surface area (Å²) in [6.45, 7) is 2.53. The molecule has 2 heterocycles. The van der Waals surface area contributed by atoms with E-state index in [9.17, 15) is 9.59 Å². The summed E-state index contributed by atoms with van der Waals surface area (Å²) in [7, 11) is 0. The molecule has 90 valence electrons. The molecule has 1 atom stereocenters. The summed E-state index contributed by atoms with van der Waals surface area (Å²) in [6, 6.07) is 0.0176. The molecule has 0 radical (unpaired) electrons. The lowest BCUT2D eigenvalue weighted by Gasteiger charge is -2.30. The van der Waals surface area contributed by atoms with Gasteiger partial charge in [-0.1, -0.05) is 0 Å². The molecule has 1 unspecified atom stereocenters. The first-order valence-electron chi connectivity index (χ1n) is 5.53. The van der Waals surface area contributed by atoms with Crippen LogP contribution in [0.2, 0.25) is 0 Å². The minimum atomic E-state index is -0.788. The van der Waals surface area contributed by atoms with Gasteiger partial charge in [-0.15, -0.1) is 0 Å². The van der Waals surface area contributed by atoms with Crippen molar-refractivity contribution in [1.82, 2.24) is 9.80 Å². The number of thioether (sulfide) groups is 1. The number of urea groups is 1. The molecule has 2 aliphatic rings. The topological polar surface area (TPSA) is 60.9 Å². The standard InChI is InChI=1S/C10H16N2O3S/c13-9(14)8-1-2-12(7-8)10(15)11-3-5-16-6-4-11/h8H,1-7H2,(H,13,14). The molecule has 2 amide bonds. The van der Waals surface area contributed by atoms with Gasteiger partial charge >= 0.3 is 12.0 Å². The van der Waals surface area contributed by atoms with Gasteiger partial charge < -0.3 is 14.9 Å². The van der Waals surface area contributed by atoms with Crippen LogP contribution >= 0.6 is 11.8 Å². The normalized spacial score (nSPS) is 25.9. The van der Waals surface area contributed by atoms with Gasteiger partial charge in [-0.3, -0.25) is 4.79 Å². The monoisotopic (exact) mass is 244 g/mol. The Morgan fingerprint density at radius 1 is 1.12 bits per heavy atom. The van der Waals surface area contributed by atoms with Crippen molar-refractivity contribution in [1.29, 1.82) is 0 Å². The van der Waals surface area contributed by atoms with Crippen molar-refractivity contribution in [3.8, 4) is 0 Å². The van der Waals surface area contributed by atoms with Crippen molar-refractivity contribution in [2.24, 2.45) is 5.92 Å². The van der Waals surface area contributed by atoms with E-state index in [1.807, 2.05) is 16.7 Å². The molecular formula is C10H16N2O3S. The number of amides is 2. The second kappa shape index (κ2) is 4.95. The third-order valence-corrected chi connectivity index (χ3v) is 4.03. The van der Waals surface area contributed by atoms with Gasteiger partial charge in [-0.05, 0) is 6.42 Å². The van der Waals surface area contributed by atoms with Gasteiger partial charge in [0.05, 0.1) is 5.92 Å². The Labute approximate surface area is 98.8 Å². The van der Waals surface area contributed by atoms with Crippen LogP contribution in [-0.4, -0.2) is 64.6 Å². The van der Waals surface area contributed by atoms with E-state index in [4.69, 9.17) is 5.11 Å². The molecule has 2 aliphatic heterocycles. The van der Waals surface area contributed by atoms with Gasteiger partial charge in [0.25, 0.3) is 0 Å². The molecular weight excluding hydrogens is 228 g/mol.